The molecule has 0 radical (unpaired) electrons. The molecule has 760 valence electrons. The zero-order valence-electron chi connectivity index (χ0n) is 82.6. The average molecular weight is 2010 g/mol. The number of nitrogen functional groups attached to an aromatic ring is 4. The predicted octanol–water partition coefficient (Wildman–Crippen LogP) is 15.7. The number of nitrogens with zero attached hydrogens (tertiary/aromatic N) is 30. The molecule has 20 rings (SSSR count). The van der Waals surface area contributed by atoms with Gasteiger partial charge in [0.1, 0.15) is 108 Å². The highest BCUT2D eigenvalue weighted by molar-refractivity contribution is 6.31. The van der Waals surface area contributed by atoms with E-state index in [2.05, 4.69) is 149 Å². The molecule has 0 bridgehead atoms. The van der Waals surface area contributed by atoms with Crippen LogP contribution in [0.15, 0.2) is 159 Å². The maximum absolute atomic E-state index is 15.6. The van der Waals surface area contributed by atoms with Crippen molar-refractivity contribution in [3.05, 3.63) is 216 Å². The van der Waals surface area contributed by atoms with Gasteiger partial charge in [-0.2, -0.15) is 28.9 Å². The second kappa shape index (κ2) is 47.5. The number of hydrogen-bond donors (Lipinski definition) is 4. The lowest BCUT2D eigenvalue weighted by molar-refractivity contribution is 0.182. The highest BCUT2D eigenvalue weighted by Gasteiger charge is 2.29. The number of aromatic nitrogens is 26. The van der Waals surface area contributed by atoms with E-state index >= 15 is 17.6 Å². The fraction of sp³-hybridized carbons (Fsp3) is 0.373. The van der Waals surface area contributed by atoms with Crippen LogP contribution in [-0.2, 0) is 13.1 Å². The number of hydrogen-bond acceptors (Lipinski definition) is 32. The van der Waals surface area contributed by atoms with Gasteiger partial charge in [-0.15, -0.1) is 20.4 Å². The van der Waals surface area contributed by atoms with E-state index in [1.165, 1.54) is 101 Å². The highest BCUT2D eigenvalue weighted by atomic mass is 35.5. The van der Waals surface area contributed by atoms with Crippen molar-refractivity contribution in [1.82, 2.24) is 150 Å². The number of halogens is 6. The van der Waals surface area contributed by atoms with Gasteiger partial charge in [-0.1, -0.05) is 51.8 Å². The molecule has 4 aliphatic rings. The molecule has 11 aromatic heterocycles. The molecular formula is C102H116ClF5N34O4. The largest absolute Gasteiger partial charge is 0.492 e. The number of ether oxygens (including phenoxy) is 4. The molecule has 0 aliphatic carbocycles. The number of likely N-dealkylation sites (tertiary alicyclic amines) is 4. The number of pyridine rings is 4. The number of anilines is 4. The molecule has 0 amide bonds. The molecule has 8 N–H and O–H groups in total. The first-order valence-corrected chi connectivity index (χ1v) is 49.2. The van der Waals surface area contributed by atoms with Gasteiger partial charge in [-0.25, -0.2) is 51.9 Å². The molecule has 0 spiro atoms. The molecule has 4 aliphatic heterocycles. The molecule has 38 nitrogen and oxygen atoms in total. The summed E-state index contributed by atoms with van der Waals surface area (Å²) in [6.07, 6.45) is 30.9. The fourth-order valence-corrected chi connectivity index (χ4v) is 17.9. The van der Waals surface area contributed by atoms with Crippen molar-refractivity contribution >= 4 is 34.9 Å². The number of aryl methyl sites for hydroxylation is 1. The third kappa shape index (κ3) is 24.3. The van der Waals surface area contributed by atoms with Crippen LogP contribution >= 0.6 is 11.6 Å². The van der Waals surface area contributed by atoms with Crippen LogP contribution in [0, 0.1) is 68.6 Å². The van der Waals surface area contributed by atoms with Gasteiger partial charge in [-0.3, -0.25) is 29.0 Å². The Morgan fingerprint density at radius 3 is 0.966 bits per heavy atom. The molecule has 0 atom stereocenters. The van der Waals surface area contributed by atoms with Gasteiger partial charge < -0.3 is 41.9 Å². The number of nitrogens with two attached hydrogens (primary N) is 4. The van der Waals surface area contributed by atoms with E-state index in [0.717, 1.165) is 131 Å². The van der Waals surface area contributed by atoms with Gasteiger partial charge in [0.25, 0.3) is 0 Å². The summed E-state index contributed by atoms with van der Waals surface area (Å²) in [6.45, 7) is 31.1. The minimum atomic E-state index is -0.526. The third-order valence-electron chi connectivity index (χ3n) is 26.0. The summed E-state index contributed by atoms with van der Waals surface area (Å²) in [5.41, 5.74) is 35.1. The summed E-state index contributed by atoms with van der Waals surface area (Å²) in [4.78, 5) is 34.7. The Bertz CT molecular complexity index is 7150. The van der Waals surface area contributed by atoms with Crippen LogP contribution in [0.4, 0.5) is 45.2 Å². The first-order chi connectivity index (χ1) is 70.8. The molecule has 5 aromatic carbocycles. The topological polar surface area (TPSA) is 441 Å². The van der Waals surface area contributed by atoms with Gasteiger partial charge in [0, 0.05) is 150 Å². The van der Waals surface area contributed by atoms with Gasteiger partial charge >= 0.3 is 0 Å². The maximum atomic E-state index is 15.6. The summed E-state index contributed by atoms with van der Waals surface area (Å²) in [7, 11) is 0. The summed E-state index contributed by atoms with van der Waals surface area (Å²) in [5.74, 6) is 2.59. The van der Waals surface area contributed by atoms with Crippen LogP contribution in [0.1, 0.15) is 114 Å². The van der Waals surface area contributed by atoms with Crippen LogP contribution < -0.4 is 41.9 Å². The molecule has 0 saturated carbocycles. The minimum Gasteiger partial charge on any atom is -0.492 e. The molecule has 146 heavy (non-hydrogen) atoms. The Balaban J connectivity index is 0.000000133. The van der Waals surface area contributed by atoms with E-state index in [1.807, 2.05) is 33.9 Å². The lowest BCUT2D eigenvalue weighted by Gasteiger charge is -2.26. The number of piperidine rings is 1. The lowest BCUT2D eigenvalue weighted by Crippen LogP contribution is -2.33. The Labute approximate surface area is 845 Å². The Morgan fingerprint density at radius 2 is 0.644 bits per heavy atom. The van der Waals surface area contributed by atoms with E-state index in [0.29, 0.717) is 129 Å². The van der Waals surface area contributed by atoms with Crippen LogP contribution in [0.5, 0.6) is 23.0 Å². The standard InChI is InChI=1S/2C27H34FN9O.C25H24ClF2N7O.C23H24FN9O/c1-18(2)8-11-36-17-21(16-31-36)20-14-22(26(29)30-15-20)27-32-33-34-37(27)23-6-7-24(19(3)25(23)28)38-13-12-35-9-4-5-10-35;1-18(2)16-36-17-21(15-31-36)20-13-22(26(29)30-14-20)27-32-33-34-37(27)23-7-8-24(19(3)25(23)28)38-12-11-35-9-5-4-6-10-35;1-15-22(36-11-10-34-8-2-3-9-34)7-6-21(23(15)28)35-25(31-32-33-35)18-12-17(14-30-24(18)29)16-4-5-20(27)19(26)13-16;1-15-20(34-9-8-32-6-2-3-7-32)5-4-19(21(15)24)33-23(29-30-31-33)18-10-16(13-28-22(18)25)17-11-26-14-27-12-17/h6-7,14-18H,4-5,8-13H2,1-3H3,(H2,29,30);7-8,13-15,17-18H,4-6,9-12,16H2,1-3H3,(H2,29,30);4-7,12-14H,2-3,8-11H2,1H3,(H2,29,30);4-5,10-14H,2-3,6-9H2,1H3,(H2,25,28). The van der Waals surface area contributed by atoms with Crippen LogP contribution in [-0.4, -0.2) is 255 Å². The Morgan fingerprint density at radius 1 is 0.336 bits per heavy atom. The molecule has 16 aromatic rings. The first kappa shape index (κ1) is 102. The zero-order chi connectivity index (χ0) is 102. The average Bonchev–Trinajstić information content (AvgIpc) is 1.62. The highest BCUT2D eigenvalue weighted by Crippen LogP contribution is 2.40. The van der Waals surface area contributed by atoms with E-state index in [9.17, 15) is 4.39 Å². The van der Waals surface area contributed by atoms with Crippen LogP contribution in [0.3, 0.4) is 0 Å². The summed E-state index contributed by atoms with van der Waals surface area (Å²) in [6, 6.07) is 24.9. The number of rotatable bonds is 33. The normalized spacial score (nSPS) is 14.1. The maximum Gasteiger partial charge on any atom is 0.190 e. The molecule has 0 unspecified atom stereocenters. The Hall–Kier alpha value is -15.3. The minimum absolute atomic E-state index is 0.0176. The first-order valence-electron chi connectivity index (χ1n) is 48.9. The van der Waals surface area contributed by atoms with E-state index < -0.39 is 29.1 Å². The van der Waals surface area contributed by atoms with Crippen molar-refractivity contribution in [3.63, 3.8) is 0 Å². The molecule has 15 heterocycles. The fourth-order valence-electron chi connectivity index (χ4n) is 17.7. The van der Waals surface area contributed by atoms with E-state index in [1.54, 1.807) is 138 Å². The van der Waals surface area contributed by atoms with Gasteiger partial charge in [0.2, 0.25) is 0 Å². The van der Waals surface area contributed by atoms with Crippen LogP contribution in [0.25, 0.3) is 113 Å². The van der Waals surface area contributed by atoms with Crippen molar-refractivity contribution in [3.8, 4) is 136 Å². The summed E-state index contributed by atoms with van der Waals surface area (Å²) in [5, 5.41) is 56.6. The second-order valence-electron chi connectivity index (χ2n) is 37.1. The van der Waals surface area contributed by atoms with Crippen molar-refractivity contribution in [2.45, 2.75) is 133 Å². The zero-order valence-corrected chi connectivity index (χ0v) is 83.3. The van der Waals surface area contributed by atoms with E-state index in [-0.39, 0.29) is 62.7 Å². The van der Waals surface area contributed by atoms with Crippen molar-refractivity contribution in [1.29, 1.82) is 0 Å². The monoisotopic (exact) mass is 2010 g/mol. The quantitative estimate of drug-likeness (QED) is 0.0278. The summed E-state index contributed by atoms with van der Waals surface area (Å²) >= 11 is 5.94. The molecule has 4 fully saturated rings. The van der Waals surface area contributed by atoms with Crippen molar-refractivity contribution in [2.75, 3.05) is 128 Å². The van der Waals surface area contributed by atoms with Gasteiger partial charge in [0.05, 0.1) is 39.7 Å². The Kier molecular flexibility index (Phi) is 33.2. The number of tetrazole rings is 4. The molecule has 44 heteroatoms. The van der Waals surface area contributed by atoms with Crippen molar-refractivity contribution < 1.29 is 40.9 Å². The summed E-state index contributed by atoms with van der Waals surface area (Å²) < 4.78 is 108. The SMILES string of the molecule is Cc1c(OCCN2CCCC2)ccc(-n2nnnc2-c2cc(-c3ccc(F)c(Cl)c3)cnc2N)c1F.Cc1c(OCCN2CCCC2)ccc(-n2nnnc2-c2cc(-c3cncnc3)cnc2N)c1F.Cc1c(OCCN2CCCC2)ccc(-n2nnnc2-c2cc(-c3cnn(CCC(C)C)c3)cnc2N)c1F.Cc1c(OCCN2CCCCC2)ccc(-n2nnnc2-c2cc(-c3cnn(CC(C)C)c3)cnc2N)c1F. The van der Waals surface area contributed by atoms with Gasteiger partial charge in [-0.05, 0) is 282 Å². The van der Waals surface area contributed by atoms with Gasteiger partial charge in [0.15, 0.2) is 46.6 Å². The predicted molar refractivity (Wildman–Crippen MR) is 543 cm³/mol. The molecular weight excluding hydrogens is 1900 g/mol. The smallest absolute Gasteiger partial charge is 0.190 e. The molecule has 4 saturated heterocycles. The van der Waals surface area contributed by atoms with Crippen LogP contribution in [0.2, 0.25) is 5.02 Å². The lowest BCUT2D eigenvalue weighted by atomic mass is 10.0. The third-order valence-corrected chi connectivity index (χ3v) is 26.3. The van der Waals surface area contributed by atoms with Crippen molar-refractivity contribution in [2.24, 2.45) is 11.8 Å². The van der Waals surface area contributed by atoms with E-state index in [4.69, 9.17) is 53.5 Å². The second-order valence-corrected chi connectivity index (χ2v) is 37.5. The number of benzene rings is 5.